The van der Waals surface area contributed by atoms with E-state index < -0.39 is 9.84 Å². The number of hydrogen-bond donors (Lipinski definition) is 1. The molecule has 0 unspecified atom stereocenters. The number of aliphatic hydroxyl groups is 1. The number of aryl methyl sites for hydroxylation is 1. The van der Waals surface area contributed by atoms with Crippen LogP contribution in [0.25, 0.3) is 10.9 Å². The van der Waals surface area contributed by atoms with E-state index in [4.69, 9.17) is 0 Å². The Labute approximate surface area is 113 Å². The van der Waals surface area contributed by atoms with Crippen LogP contribution in [0.15, 0.2) is 30.5 Å². The van der Waals surface area contributed by atoms with E-state index in [1.54, 1.807) is 6.92 Å². The Bertz CT molecular complexity index is 658. The monoisotopic (exact) mass is 281 g/mol. The van der Waals surface area contributed by atoms with Crippen molar-refractivity contribution in [1.29, 1.82) is 0 Å². The highest BCUT2D eigenvalue weighted by Crippen LogP contribution is 2.21. The summed E-state index contributed by atoms with van der Waals surface area (Å²) in [6, 6.07) is 7.85. The molecule has 19 heavy (non-hydrogen) atoms. The summed E-state index contributed by atoms with van der Waals surface area (Å²) in [5.41, 5.74) is 1.93. The number of para-hydroxylation sites is 1. The SMILES string of the molecule is CCS(=O)(=O)CCCn1cc(CO)c2ccccc21. The summed E-state index contributed by atoms with van der Waals surface area (Å²) in [7, 11) is -2.90. The molecule has 5 heteroatoms. The molecule has 0 saturated carbocycles. The Morgan fingerprint density at radius 3 is 2.68 bits per heavy atom. The Morgan fingerprint density at radius 1 is 1.26 bits per heavy atom. The van der Waals surface area contributed by atoms with Gasteiger partial charge in [-0.1, -0.05) is 25.1 Å². The van der Waals surface area contributed by atoms with Gasteiger partial charge in [0.05, 0.1) is 12.4 Å². The van der Waals surface area contributed by atoms with E-state index in [0.717, 1.165) is 16.5 Å². The lowest BCUT2D eigenvalue weighted by atomic mass is 10.2. The molecule has 0 atom stereocenters. The van der Waals surface area contributed by atoms with Crippen LogP contribution in [0.3, 0.4) is 0 Å². The number of rotatable bonds is 6. The molecule has 2 aromatic rings. The first-order valence-corrected chi connectivity index (χ1v) is 8.27. The number of hydrogen-bond acceptors (Lipinski definition) is 3. The van der Waals surface area contributed by atoms with Gasteiger partial charge in [0.2, 0.25) is 0 Å². The second kappa shape index (κ2) is 5.75. The van der Waals surface area contributed by atoms with Gasteiger partial charge in [0.15, 0.2) is 0 Å². The van der Waals surface area contributed by atoms with Crippen LogP contribution in [0.2, 0.25) is 0 Å². The van der Waals surface area contributed by atoms with Gasteiger partial charge < -0.3 is 9.67 Å². The molecule has 4 nitrogen and oxygen atoms in total. The molecule has 0 aliphatic rings. The van der Waals surface area contributed by atoms with E-state index in [0.29, 0.717) is 13.0 Å². The van der Waals surface area contributed by atoms with Gasteiger partial charge in [-0.05, 0) is 12.5 Å². The Morgan fingerprint density at radius 2 is 2.00 bits per heavy atom. The molecule has 0 bridgehead atoms. The topological polar surface area (TPSA) is 59.3 Å². The van der Waals surface area contributed by atoms with E-state index in [9.17, 15) is 13.5 Å². The largest absolute Gasteiger partial charge is 0.392 e. The lowest BCUT2D eigenvalue weighted by Gasteiger charge is -2.05. The zero-order valence-corrected chi connectivity index (χ0v) is 11.9. The minimum Gasteiger partial charge on any atom is -0.392 e. The van der Waals surface area contributed by atoms with Gasteiger partial charge >= 0.3 is 0 Å². The van der Waals surface area contributed by atoms with Crippen molar-refractivity contribution in [3.05, 3.63) is 36.0 Å². The second-order valence-electron chi connectivity index (χ2n) is 4.61. The van der Waals surface area contributed by atoms with Gasteiger partial charge in [-0.2, -0.15) is 0 Å². The molecule has 2 rings (SSSR count). The highest BCUT2D eigenvalue weighted by atomic mass is 32.2. The summed E-state index contributed by atoms with van der Waals surface area (Å²) in [6.07, 6.45) is 2.50. The van der Waals surface area contributed by atoms with Gasteiger partial charge in [-0.25, -0.2) is 8.42 Å². The second-order valence-corrected chi connectivity index (χ2v) is 7.09. The van der Waals surface area contributed by atoms with Crippen LogP contribution in [-0.2, 0) is 23.0 Å². The molecule has 104 valence electrons. The maximum atomic E-state index is 11.5. The zero-order valence-electron chi connectivity index (χ0n) is 11.0. The summed E-state index contributed by atoms with van der Waals surface area (Å²) in [4.78, 5) is 0. The Kier molecular flexibility index (Phi) is 4.27. The maximum Gasteiger partial charge on any atom is 0.150 e. The van der Waals surface area contributed by atoms with Gasteiger partial charge in [0.25, 0.3) is 0 Å². The molecule has 1 aromatic carbocycles. The first kappa shape index (κ1) is 14.1. The molecule has 0 radical (unpaired) electrons. The molecule has 0 amide bonds. The van der Waals surface area contributed by atoms with Crippen molar-refractivity contribution in [1.82, 2.24) is 4.57 Å². The molecule has 0 saturated heterocycles. The van der Waals surface area contributed by atoms with Crippen LogP contribution in [0, 0.1) is 0 Å². The highest BCUT2D eigenvalue weighted by Gasteiger charge is 2.09. The van der Waals surface area contributed by atoms with Crippen LogP contribution < -0.4 is 0 Å². The summed E-state index contributed by atoms with van der Waals surface area (Å²) < 4.78 is 25.0. The van der Waals surface area contributed by atoms with Crippen molar-refractivity contribution in [2.24, 2.45) is 0 Å². The lowest BCUT2D eigenvalue weighted by molar-refractivity contribution is 0.283. The van der Waals surface area contributed by atoms with Crippen LogP contribution in [0.4, 0.5) is 0 Å². The number of fused-ring (bicyclic) bond motifs is 1. The van der Waals surface area contributed by atoms with Crippen molar-refractivity contribution >= 4 is 20.7 Å². The standard InChI is InChI=1S/C14H19NO3S/c1-2-19(17,18)9-5-8-15-10-12(11-16)13-6-3-4-7-14(13)15/h3-4,6-7,10,16H,2,5,8-9,11H2,1H3. The third-order valence-corrected chi connectivity index (χ3v) is 5.13. The smallest absolute Gasteiger partial charge is 0.150 e. The molecular weight excluding hydrogens is 262 g/mol. The first-order chi connectivity index (χ1) is 9.07. The van der Waals surface area contributed by atoms with E-state index in [2.05, 4.69) is 0 Å². The fraction of sp³-hybridized carbons (Fsp3) is 0.429. The minimum atomic E-state index is -2.90. The molecular formula is C14H19NO3S. The van der Waals surface area contributed by atoms with E-state index in [1.165, 1.54) is 0 Å². The van der Waals surface area contributed by atoms with Crippen LogP contribution in [-0.4, -0.2) is 29.6 Å². The van der Waals surface area contributed by atoms with Gasteiger partial charge in [-0.3, -0.25) is 0 Å². The Hall–Kier alpha value is -1.33. The molecule has 1 heterocycles. The summed E-state index contributed by atoms with van der Waals surface area (Å²) in [5.74, 6) is 0.409. The minimum absolute atomic E-state index is 0.000766. The van der Waals surface area contributed by atoms with Crippen molar-refractivity contribution in [3.8, 4) is 0 Å². The van der Waals surface area contributed by atoms with Crippen LogP contribution in [0.1, 0.15) is 18.9 Å². The van der Waals surface area contributed by atoms with Crippen molar-refractivity contribution in [2.75, 3.05) is 11.5 Å². The quantitative estimate of drug-likeness (QED) is 0.880. The fourth-order valence-corrected chi connectivity index (χ4v) is 3.09. The number of aliphatic hydroxyl groups excluding tert-OH is 1. The molecule has 0 aliphatic heterocycles. The predicted octanol–water partition coefficient (Wildman–Crippen LogP) is 1.96. The first-order valence-electron chi connectivity index (χ1n) is 6.45. The number of nitrogens with zero attached hydrogens (tertiary/aromatic N) is 1. The fourth-order valence-electron chi connectivity index (χ4n) is 2.23. The molecule has 1 N–H and O–H groups in total. The third-order valence-electron chi connectivity index (χ3n) is 3.34. The normalized spacial score (nSPS) is 12.1. The molecule has 1 aromatic heterocycles. The molecule has 0 fully saturated rings. The molecule has 0 aliphatic carbocycles. The van der Waals surface area contributed by atoms with Crippen molar-refractivity contribution in [2.45, 2.75) is 26.5 Å². The average molecular weight is 281 g/mol. The Balaban J connectivity index is 2.17. The van der Waals surface area contributed by atoms with Crippen LogP contribution >= 0.6 is 0 Å². The lowest BCUT2D eigenvalue weighted by Crippen LogP contribution is -2.11. The summed E-state index contributed by atoms with van der Waals surface area (Å²) in [6.45, 7) is 2.32. The van der Waals surface area contributed by atoms with Gasteiger partial charge in [0, 0.05) is 35.0 Å². The summed E-state index contributed by atoms with van der Waals surface area (Å²) >= 11 is 0. The number of aromatic nitrogens is 1. The highest BCUT2D eigenvalue weighted by molar-refractivity contribution is 7.91. The number of sulfone groups is 1. The van der Waals surface area contributed by atoms with Crippen molar-refractivity contribution in [3.63, 3.8) is 0 Å². The van der Waals surface area contributed by atoms with E-state index in [-0.39, 0.29) is 18.1 Å². The number of benzene rings is 1. The summed E-state index contributed by atoms with van der Waals surface area (Å²) in [5, 5.41) is 10.4. The predicted molar refractivity (Wildman–Crippen MR) is 76.8 cm³/mol. The van der Waals surface area contributed by atoms with Gasteiger partial charge in [-0.15, -0.1) is 0 Å². The molecule has 0 spiro atoms. The average Bonchev–Trinajstić information content (AvgIpc) is 2.77. The van der Waals surface area contributed by atoms with E-state index >= 15 is 0 Å². The maximum absolute atomic E-state index is 11.5. The van der Waals surface area contributed by atoms with E-state index in [1.807, 2.05) is 35.0 Å². The zero-order chi connectivity index (χ0) is 13.9. The third kappa shape index (κ3) is 3.16. The van der Waals surface area contributed by atoms with Crippen LogP contribution in [0.5, 0.6) is 0 Å². The van der Waals surface area contributed by atoms with Crippen molar-refractivity contribution < 1.29 is 13.5 Å². The van der Waals surface area contributed by atoms with Gasteiger partial charge in [0.1, 0.15) is 9.84 Å².